The van der Waals surface area contributed by atoms with Crippen LogP contribution in [0, 0.1) is 13.8 Å². The molecule has 4 heterocycles. The summed E-state index contributed by atoms with van der Waals surface area (Å²) in [6, 6.07) is 6.04. The number of carbonyl (C=O) groups excluding carboxylic acids is 1. The summed E-state index contributed by atoms with van der Waals surface area (Å²) in [6.07, 6.45) is 3.09. The van der Waals surface area contributed by atoms with Gasteiger partial charge in [-0.15, -0.1) is 12.4 Å². The molecule has 6 nitrogen and oxygen atoms in total. The van der Waals surface area contributed by atoms with Crippen LogP contribution in [0.3, 0.4) is 0 Å². The van der Waals surface area contributed by atoms with E-state index in [1.165, 1.54) is 0 Å². The van der Waals surface area contributed by atoms with Gasteiger partial charge in [0.25, 0.3) is 5.91 Å². The number of rotatable bonds is 2. The summed E-state index contributed by atoms with van der Waals surface area (Å²) in [5.41, 5.74) is 2.22. The molecular formula is C18H23Cl2N5O. The van der Waals surface area contributed by atoms with Gasteiger partial charge in [-0.25, -0.2) is 9.67 Å². The Morgan fingerprint density at radius 2 is 2.00 bits per heavy atom. The molecule has 1 amide bonds. The number of hydrogen-bond donors (Lipinski definition) is 1. The van der Waals surface area contributed by atoms with Crippen LogP contribution in [-0.2, 0) is 0 Å². The third-order valence-corrected chi connectivity index (χ3v) is 5.45. The van der Waals surface area contributed by atoms with Gasteiger partial charge in [-0.05, 0) is 57.9 Å². The van der Waals surface area contributed by atoms with E-state index < -0.39 is 0 Å². The minimum Gasteiger partial charge on any atom is -0.330 e. The monoisotopic (exact) mass is 395 g/mol. The largest absolute Gasteiger partial charge is 0.330 e. The van der Waals surface area contributed by atoms with E-state index >= 15 is 0 Å². The number of hydrogen-bond acceptors (Lipinski definition) is 4. The van der Waals surface area contributed by atoms with Gasteiger partial charge in [0.15, 0.2) is 5.82 Å². The number of nitrogens with zero attached hydrogens (tertiary/aromatic N) is 4. The van der Waals surface area contributed by atoms with Gasteiger partial charge in [0, 0.05) is 24.3 Å². The number of aromatic nitrogens is 3. The molecule has 2 aliphatic rings. The van der Waals surface area contributed by atoms with Gasteiger partial charge in [-0.2, -0.15) is 5.10 Å². The third kappa shape index (κ3) is 3.33. The predicted molar refractivity (Wildman–Crippen MR) is 104 cm³/mol. The lowest BCUT2D eigenvalue weighted by Crippen LogP contribution is -2.43. The Bertz CT molecular complexity index is 808. The smallest absolute Gasteiger partial charge is 0.274 e. The van der Waals surface area contributed by atoms with Crippen molar-refractivity contribution in [1.29, 1.82) is 0 Å². The second-order valence-corrected chi connectivity index (χ2v) is 7.34. The van der Waals surface area contributed by atoms with Gasteiger partial charge in [-0.1, -0.05) is 11.6 Å². The molecule has 8 heteroatoms. The first kappa shape index (κ1) is 19.1. The number of fused-ring (bicyclic) bond motifs is 2. The van der Waals surface area contributed by atoms with Crippen molar-refractivity contribution in [1.82, 2.24) is 25.0 Å². The highest BCUT2D eigenvalue weighted by Gasteiger charge is 2.39. The molecular weight excluding hydrogens is 373 g/mol. The fraction of sp³-hybridized carbons (Fsp3) is 0.500. The number of aryl methyl sites for hydroxylation is 2. The summed E-state index contributed by atoms with van der Waals surface area (Å²) in [4.78, 5) is 19.8. The van der Waals surface area contributed by atoms with Crippen molar-refractivity contribution in [3.05, 3.63) is 40.3 Å². The summed E-state index contributed by atoms with van der Waals surface area (Å²) < 4.78 is 1.75. The van der Waals surface area contributed by atoms with E-state index in [1.807, 2.05) is 24.8 Å². The minimum atomic E-state index is -0.0652. The lowest BCUT2D eigenvalue weighted by molar-refractivity contribution is 0.0674. The van der Waals surface area contributed by atoms with Crippen molar-refractivity contribution >= 4 is 29.9 Å². The van der Waals surface area contributed by atoms with Crippen LogP contribution in [0.25, 0.3) is 5.82 Å². The van der Waals surface area contributed by atoms with Gasteiger partial charge in [-0.3, -0.25) is 4.79 Å². The van der Waals surface area contributed by atoms with Crippen LogP contribution in [-0.4, -0.2) is 50.7 Å². The molecule has 0 spiro atoms. The molecule has 2 atom stereocenters. The molecule has 4 rings (SSSR count). The van der Waals surface area contributed by atoms with Gasteiger partial charge in [0.05, 0.1) is 10.7 Å². The second-order valence-electron chi connectivity index (χ2n) is 6.93. The number of nitrogens with one attached hydrogen (secondary N) is 1. The quantitative estimate of drug-likeness (QED) is 0.848. The third-order valence-electron chi connectivity index (χ3n) is 5.15. The molecule has 2 aromatic heterocycles. The average molecular weight is 396 g/mol. The lowest BCUT2D eigenvalue weighted by atomic mass is 10.1. The first-order chi connectivity index (χ1) is 12.0. The van der Waals surface area contributed by atoms with E-state index in [4.69, 9.17) is 11.6 Å². The van der Waals surface area contributed by atoms with E-state index in [0.29, 0.717) is 16.5 Å². The molecule has 2 fully saturated rings. The van der Waals surface area contributed by atoms with Crippen molar-refractivity contribution in [3.63, 3.8) is 0 Å². The van der Waals surface area contributed by atoms with Crippen LogP contribution in [0.15, 0.2) is 18.2 Å². The number of amides is 1. The molecule has 0 aromatic carbocycles. The molecule has 2 unspecified atom stereocenters. The lowest BCUT2D eigenvalue weighted by Gasteiger charge is -2.28. The molecule has 140 valence electrons. The van der Waals surface area contributed by atoms with Crippen molar-refractivity contribution < 1.29 is 4.79 Å². The number of carbonyl (C=O) groups is 1. The highest BCUT2D eigenvalue weighted by atomic mass is 35.5. The van der Waals surface area contributed by atoms with E-state index in [2.05, 4.69) is 15.4 Å². The zero-order valence-corrected chi connectivity index (χ0v) is 16.5. The van der Waals surface area contributed by atoms with Crippen molar-refractivity contribution in [3.8, 4) is 5.82 Å². The molecule has 26 heavy (non-hydrogen) atoms. The zero-order chi connectivity index (χ0) is 17.6. The molecule has 2 aromatic rings. The van der Waals surface area contributed by atoms with Crippen LogP contribution in [0.4, 0.5) is 0 Å². The van der Waals surface area contributed by atoms with Crippen LogP contribution in [0.2, 0.25) is 5.02 Å². The van der Waals surface area contributed by atoms with Crippen LogP contribution in [0.5, 0.6) is 0 Å². The molecule has 1 N–H and O–H groups in total. The van der Waals surface area contributed by atoms with Gasteiger partial charge >= 0.3 is 0 Å². The molecule has 0 aliphatic carbocycles. The Balaban J connectivity index is 0.00000196. The Morgan fingerprint density at radius 1 is 1.23 bits per heavy atom. The van der Waals surface area contributed by atoms with Gasteiger partial charge in [0.2, 0.25) is 0 Å². The minimum absolute atomic E-state index is 0. The van der Waals surface area contributed by atoms with E-state index in [-0.39, 0.29) is 30.4 Å². The fourth-order valence-electron chi connectivity index (χ4n) is 4.00. The Hall–Kier alpha value is -1.63. The number of pyridine rings is 1. The van der Waals surface area contributed by atoms with E-state index in [9.17, 15) is 4.79 Å². The van der Waals surface area contributed by atoms with Crippen molar-refractivity contribution in [2.75, 3.05) is 13.1 Å². The van der Waals surface area contributed by atoms with Crippen LogP contribution >= 0.6 is 24.0 Å². The summed E-state index contributed by atoms with van der Waals surface area (Å²) in [5.74, 6) is 0.559. The number of halogens is 2. The molecule has 0 radical (unpaired) electrons. The summed E-state index contributed by atoms with van der Waals surface area (Å²) in [7, 11) is 0. The highest BCUT2D eigenvalue weighted by molar-refractivity contribution is 6.33. The fourth-order valence-corrected chi connectivity index (χ4v) is 4.18. The highest BCUT2D eigenvalue weighted by Crippen LogP contribution is 2.31. The first-order valence-corrected chi connectivity index (χ1v) is 9.16. The predicted octanol–water partition coefficient (Wildman–Crippen LogP) is 2.93. The molecule has 2 aliphatic heterocycles. The molecule has 0 saturated carbocycles. The second kappa shape index (κ2) is 7.55. The van der Waals surface area contributed by atoms with Crippen molar-refractivity contribution in [2.24, 2.45) is 0 Å². The summed E-state index contributed by atoms with van der Waals surface area (Å²) in [6.45, 7) is 5.71. The Morgan fingerprint density at radius 3 is 2.73 bits per heavy atom. The average Bonchev–Trinajstić information content (AvgIpc) is 3.04. The van der Waals surface area contributed by atoms with Crippen molar-refractivity contribution in [2.45, 2.75) is 45.2 Å². The summed E-state index contributed by atoms with van der Waals surface area (Å²) >= 11 is 6.34. The van der Waals surface area contributed by atoms with Gasteiger partial charge < -0.3 is 10.2 Å². The maximum absolute atomic E-state index is 13.2. The normalized spacial score (nSPS) is 22.0. The maximum atomic E-state index is 13.2. The van der Waals surface area contributed by atoms with Gasteiger partial charge in [0.1, 0.15) is 5.69 Å². The maximum Gasteiger partial charge on any atom is 0.274 e. The zero-order valence-electron chi connectivity index (χ0n) is 14.9. The molecule has 2 bridgehead atoms. The van der Waals surface area contributed by atoms with E-state index in [0.717, 1.165) is 43.7 Å². The molecule has 2 saturated heterocycles. The van der Waals surface area contributed by atoms with Crippen LogP contribution < -0.4 is 5.32 Å². The van der Waals surface area contributed by atoms with Crippen LogP contribution in [0.1, 0.15) is 41.1 Å². The summed E-state index contributed by atoms with van der Waals surface area (Å²) in [5, 5.41) is 8.27. The Kier molecular flexibility index (Phi) is 5.55. The van der Waals surface area contributed by atoms with E-state index in [1.54, 1.807) is 16.8 Å². The Labute approximate surface area is 164 Å². The standard InChI is InChI=1S/C18H22ClN5O.ClH/c1-11-9-12(2)24(22-11)16-6-5-15(19)17(21-16)18(25)23-13-3-4-14(23)10-20-8-7-13;/h5-6,9,13-14,20H,3-4,7-8,10H2,1-2H3;1H. The first-order valence-electron chi connectivity index (χ1n) is 8.78. The SMILES string of the molecule is Cc1cc(C)n(-c2ccc(Cl)c(C(=O)N3C4CCNCC3CC4)n2)n1.Cl. The topological polar surface area (TPSA) is 63.1 Å².